The highest BCUT2D eigenvalue weighted by molar-refractivity contribution is 5.46. The van der Waals surface area contributed by atoms with Gasteiger partial charge in [-0.1, -0.05) is 27.7 Å². The summed E-state index contributed by atoms with van der Waals surface area (Å²) in [7, 11) is 0. The molecule has 2 rings (SSSR count). The number of anilines is 1. The van der Waals surface area contributed by atoms with Gasteiger partial charge in [-0.15, -0.1) is 0 Å². The molecule has 1 aliphatic rings. The SMILES string of the molecule is CCNC(C)c1ccc(N2CCC(C(C)(C)C)C2)cn1. The molecule has 1 fully saturated rings. The van der Waals surface area contributed by atoms with Gasteiger partial charge in [0.1, 0.15) is 0 Å². The minimum absolute atomic E-state index is 0.329. The summed E-state index contributed by atoms with van der Waals surface area (Å²) in [6.07, 6.45) is 3.33. The molecule has 2 unspecified atom stereocenters. The van der Waals surface area contributed by atoms with Gasteiger partial charge < -0.3 is 10.2 Å². The molecule has 20 heavy (non-hydrogen) atoms. The van der Waals surface area contributed by atoms with Gasteiger partial charge in [0.25, 0.3) is 0 Å². The first-order valence-corrected chi connectivity index (χ1v) is 7.86. The number of nitrogens with zero attached hydrogens (tertiary/aromatic N) is 2. The first kappa shape index (κ1) is 15.3. The van der Waals surface area contributed by atoms with Crippen LogP contribution in [0.4, 0.5) is 5.69 Å². The minimum Gasteiger partial charge on any atom is -0.370 e. The molecule has 0 saturated carbocycles. The van der Waals surface area contributed by atoms with E-state index in [1.54, 1.807) is 0 Å². The maximum atomic E-state index is 4.62. The van der Waals surface area contributed by atoms with Gasteiger partial charge in [0.2, 0.25) is 0 Å². The molecule has 1 aliphatic heterocycles. The Kier molecular flexibility index (Phi) is 4.69. The standard InChI is InChI=1S/C17H29N3/c1-6-18-13(2)16-8-7-15(11-19-16)20-10-9-14(12-20)17(3,4)5/h7-8,11,13-14,18H,6,9-10,12H2,1-5H3. The Balaban J connectivity index is 2.01. The van der Waals surface area contributed by atoms with Crippen molar-refractivity contribution in [1.29, 1.82) is 0 Å². The second-order valence-electron chi connectivity index (χ2n) is 7.02. The van der Waals surface area contributed by atoms with Crippen LogP contribution in [-0.2, 0) is 0 Å². The molecular weight excluding hydrogens is 246 g/mol. The van der Waals surface area contributed by atoms with Crippen molar-refractivity contribution < 1.29 is 0 Å². The summed E-state index contributed by atoms with van der Waals surface area (Å²) in [5.41, 5.74) is 2.80. The van der Waals surface area contributed by atoms with Gasteiger partial charge >= 0.3 is 0 Å². The van der Waals surface area contributed by atoms with Crippen LogP contribution in [0.1, 0.15) is 52.8 Å². The molecule has 1 aromatic heterocycles. The lowest BCUT2D eigenvalue weighted by atomic mass is 9.80. The maximum absolute atomic E-state index is 4.62. The summed E-state index contributed by atoms with van der Waals surface area (Å²) in [4.78, 5) is 7.10. The molecule has 2 heterocycles. The second-order valence-corrected chi connectivity index (χ2v) is 7.02. The van der Waals surface area contributed by atoms with Crippen molar-refractivity contribution in [3.63, 3.8) is 0 Å². The summed E-state index contributed by atoms with van der Waals surface area (Å²) in [5, 5.41) is 3.40. The van der Waals surface area contributed by atoms with E-state index in [-0.39, 0.29) is 0 Å². The van der Waals surface area contributed by atoms with Crippen LogP contribution in [0, 0.1) is 11.3 Å². The van der Waals surface area contributed by atoms with Crippen molar-refractivity contribution in [3.05, 3.63) is 24.0 Å². The Morgan fingerprint density at radius 3 is 2.65 bits per heavy atom. The fraction of sp³-hybridized carbons (Fsp3) is 0.706. The summed E-state index contributed by atoms with van der Waals surface area (Å²) >= 11 is 0. The minimum atomic E-state index is 0.329. The van der Waals surface area contributed by atoms with Gasteiger partial charge in [0.05, 0.1) is 17.6 Å². The van der Waals surface area contributed by atoms with Crippen LogP contribution in [0.15, 0.2) is 18.3 Å². The van der Waals surface area contributed by atoms with Crippen molar-refractivity contribution in [2.45, 2.75) is 47.1 Å². The topological polar surface area (TPSA) is 28.2 Å². The lowest BCUT2D eigenvalue weighted by Crippen LogP contribution is -2.26. The molecule has 0 radical (unpaired) electrons. The first-order valence-electron chi connectivity index (χ1n) is 7.86. The largest absolute Gasteiger partial charge is 0.370 e. The second kappa shape index (κ2) is 6.13. The average Bonchev–Trinajstić information content (AvgIpc) is 2.89. The molecule has 1 aromatic rings. The van der Waals surface area contributed by atoms with E-state index in [1.807, 2.05) is 6.20 Å². The number of pyridine rings is 1. The lowest BCUT2D eigenvalue weighted by molar-refractivity contribution is 0.263. The fourth-order valence-electron chi connectivity index (χ4n) is 2.95. The first-order chi connectivity index (χ1) is 9.41. The van der Waals surface area contributed by atoms with Gasteiger partial charge in [0.15, 0.2) is 0 Å². The number of nitrogens with one attached hydrogen (secondary N) is 1. The van der Waals surface area contributed by atoms with Gasteiger partial charge in [-0.05, 0) is 43.4 Å². The highest BCUT2D eigenvalue weighted by Crippen LogP contribution is 2.35. The zero-order valence-corrected chi connectivity index (χ0v) is 13.6. The van der Waals surface area contributed by atoms with Crippen LogP contribution in [0.5, 0.6) is 0 Å². The third-order valence-corrected chi connectivity index (χ3v) is 4.50. The zero-order chi connectivity index (χ0) is 14.8. The Labute approximate surface area is 123 Å². The summed E-state index contributed by atoms with van der Waals surface area (Å²) < 4.78 is 0. The molecule has 1 saturated heterocycles. The van der Waals surface area contributed by atoms with Crippen molar-refractivity contribution in [3.8, 4) is 0 Å². The molecule has 3 heteroatoms. The van der Waals surface area contributed by atoms with Crippen LogP contribution in [0.3, 0.4) is 0 Å². The van der Waals surface area contributed by atoms with Crippen molar-refractivity contribution >= 4 is 5.69 Å². The Hall–Kier alpha value is -1.09. The zero-order valence-electron chi connectivity index (χ0n) is 13.6. The fourth-order valence-corrected chi connectivity index (χ4v) is 2.95. The van der Waals surface area contributed by atoms with Crippen molar-refractivity contribution in [2.75, 3.05) is 24.5 Å². The van der Waals surface area contributed by atoms with Crippen LogP contribution in [0.2, 0.25) is 0 Å². The normalized spacial score (nSPS) is 21.2. The predicted octanol–water partition coefficient (Wildman–Crippen LogP) is 3.62. The summed E-state index contributed by atoms with van der Waals surface area (Å²) in [6.45, 7) is 14.6. The van der Waals surface area contributed by atoms with E-state index in [1.165, 1.54) is 12.1 Å². The van der Waals surface area contributed by atoms with Crippen LogP contribution in [0.25, 0.3) is 0 Å². The Morgan fingerprint density at radius 2 is 2.15 bits per heavy atom. The third-order valence-electron chi connectivity index (χ3n) is 4.50. The van der Waals surface area contributed by atoms with Crippen molar-refractivity contribution in [2.24, 2.45) is 11.3 Å². The van der Waals surface area contributed by atoms with Crippen LogP contribution >= 0.6 is 0 Å². The Morgan fingerprint density at radius 1 is 1.40 bits per heavy atom. The molecule has 2 atom stereocenters. The van der Waals surface area contributed by atoms with Gasteiger partial charge in [-0.25, -0.2) is 0 Å². The number of hydrogen-bond acceptors (Lipinski definition) is 3. The molecular formula is C17H29N3. The molecule has 0 aliphatic carbocycles. The summed E-state index contributed by atoms with van der Waals surface area (Å²) in [6, 6.07) is 4.71. The van der Waals surface area contributed by atoms with Crippen LogP contribution in [-0.4, -0.2) is 24.6 Å². The molecule has 0 spiro atoms. The van der Waals surface area contributed by atoms with E-state index in [9.17, 15) is 0 Å². The molecule has 3 nitrogen and oxygen atoms in total. The monoisotopic (exact) mass is 275 g/mol. The Bertz CT molecular complexity index is 419. The van der Waals surface area contributed by atoms with E-state index >= 15 is 0 Å². The van der Waals surface area contributed by atoms with E-state index in [0.29, 0.717) is 11.5 Å². The maximum Gasteiger partial charge on any atom is 0.0572 e. The molecule has 112 valence electrons. The molecule has 1 N–H and O–H groups in total. The smallest absolute Gasteiger partial charge is 0.0572 e. The van der Waals surface area contributed by atoms with E-state index in [4.69, 9.17) is 0 Å². The van der Waals surface area contributed by atoms with E-state index in [2.05, 4.69) is 62.0 Å². The predicted molar refractivity (Wildman–Crippen MR) is 86.1 cm³/mol. The quantitative estimate of drug-likeness (QED) is 0.909. The number of hydrogen-bond donors (Lipinski definition) is 1. The van der Waals surface area contributed by atoms with Crippen LogP contribution < -0.4 is 10.2 Å². The molecule has 0 amide bonds. The van der Waals surface area contributed by atoms with E-state index in [0.717, 1.165) is 31.2 Å². The van der Waals surface area contributed by atoms with Gasteiger partial charge in [-0.2, -0.15) is 0 Å². The highest BCUT2D eigenvalue weighted by atomic mass is 15.2. The van der Waals surface area contributed by atoms with Crippen molar-refractivity contribution in [1.82, 2.24) is 10.3 Å². The summed E-state index contributed by atoms with van der Waals surface area (Å²) in [5.74, 6) is 0.780. The van der Waals surface area contributed by atoms with E-state index < -0.39 is 0 Å². The highest BCUT2D eigenvalue weighted by Gasteiger charge is 2.31. The van der Waals surface area contributed by atoms with Gasteiger partial charge in [-0.3, -0.25) is 4.98 Å². The third kappa shape index (κ3) is 3.51. The molecule has 0 aromatic carbocycles. The lowest BCUT2D eigenvalue weighted by Gasteiger charge is -2.27. The number of rotatable bonds is 4. The number of aromatic nitrogens is 1. The van der Waals surface area contributed by atoms with Gasteiger partial charge in [0, 0.05) is 19.1 Å². The molecule has 0 bridgehead atoms. The average molecular weight is 275 g/mol.